The van der Waals surface area contributed by atoms with E-state index in [0.29, 0.717) is 6.54 Å². The van der Waals surface area contributed by atoms with Crippen LogP contribution < -0.4 is 4.90 Å². The molecule has 0 radical (unpaired) electrons. The van der Waals surface area contributed by atoms with Crippen molar-refractivity contribution in [1.82, 2.24) is 4.90 Å². The molecule has 29 heavy (non-hydrogen) atoms. The topological polar surface area (TPSA) is 40.6 Å². The van der Waals surface area contributed by atoms with Crippen molar-refractivity contribution >= 4 is 17.5 Å². The van der Waals surface area contributed by atoms with E-state index < -0.39 is 0 Å². The quantitative estimate of drug-likeness (QED) is 0.678. The van der Waals surface area contributed by atoms with E-state index in [-0.39, 0.29) is 24.4 Å². The van der Waals surface area contributed by atoms with Gasteiger partial charge in [0.05, 0.1) is 11.7 Å². The lowest BCUT2D eigenvalue weighted by Crippen LogP contribution is -2.58. The summed E-state index contributed by atoms with van der Waals surface area (Å²) in [6.45, 7) is 2.13. The maximum atomic E-state index is 13.0. The van der Waals surface area contributed by atoms with Gasteiger partial charge in [0.1, 0.15) is 6.54 Å². The molecule has 0 unspecified atom stereocenters. The highest BCUT2D eigenvalue weighted by molar-refractivity contribution is 6.01. The Morgan fingerprint density at radius 1 is 0.897 bits per heavy atom. The van der Waals surface area contributed by atoms with E-state index in [1.165, 1.54) is 0 Å². The van der Waals surface area contributed by atoms with Gasteiger partial charge < -0.3 is 9.80 Å². The van der Waals surface area contributed by atoms with Crippen molar-refractivity contribution in [3.63, 3.8) is 0 Å². The summed E-state index contributed by atoms with van der Waals surface area (Å²) in [6.07, 6.45) is 0.720. The Balaban J connectivity index is 1.68. The van der Waals surface area contributed by atoms with Crippen molar-refractivity contribution in [2.75, 3.05) is 18.0 Å². The number of carbonyl (C=O) groups is 2. The molecule has 0 bridgehead atoms. The van der Waals surface area contributed by atoms with Gasteiger partial charge >= 0.3 is 0 Å². The van der Waals surface area contributed by atoms with Crippen molar-refractivity contribution in [2.24, 2.45) is 0 Å². The van der Waals surface area contributed by atoms with Crippen LogP contribution in [0.15, 0.2) is 84.9 Å². The van der Waals surface area contributed by atoms with Crippen LogP contribution in [-0.4, -0.2) is 35.8 Å². The van der Waals surface area contributed by atoms with Crippen molar-refractivity contribution in [3.8, 4) is 11.1 Å². The molecule has 1 heterocycles. The summed E-state index contributed by atoms with van der Waals surface area (Å²) >= 11 is 0. The molecule has 0 aromatic heterocycles. The molecule has 4 nitrogen and oxygen atoms in total. The van der Waals surface area contributed by atoms with E-state index in [2.05, 4.69) is 24.3 Å². The molecule has 0 spiro atoms. The van der Waals surface area contributed by atoms with Gasteiger partial charge in [-0.3, -0.25) is 9.59 Å². The highest BCUT2D eigenvalue weighted by Gasteiger charge is 2.35. The number of hydrogen-bond donors (Lipinski definition) is 0. The van der Waals surface area contributed by atoms with E-state index >= 15 is 0 Å². The number of para-hydroxylation sites is 1. The summed E-state index contributed by atoms with van der Waals surface area (Å²) in [6, 6.07) is 28.1. The Morgan fingerprint density at radius 3 is 2.21 bits per heavy atom. The summed E-state index contributed by atoms with van der Waals surface area (Å²) < 4.78 is 0. The number of nitrogens with zero attached hydrogens (tertiary/aromatic N) is 2. The molecule has 1 saturated heterocycles. The number of rotatable bonds is 4. The first-order valence-electron chi connectivity index (χ1n) is 9.89. The molecule has 4 rings (SSSR count). The Bertz CT molecular complexity index is 1000. The van der Waals surface area contributed by atoms with E-state index in [0.717, 1.165) is 28.8 Å². The molecular weight excluding hydrogens is 360 g/mol. The van der Waals surface area contributed by atoms with Crippen molar-refractivity contribution in [1.29, 1.82) is 0 Å². The van der Waals surface area contributed by atoms with Gasteiger partial charge in [-0.05, 0) is 23.6 Å². The Labute approximate surface area is 171 Å². The first kappa shape index (κ1) is 18.9. The molecule has 146 valence electrons. The van der Waals surface area contributed by atoms with Gasteiger partial charge in [0, 0.05) is 19.0 Å². The second-order valence-corrected chi connectivity index (χ2v) is 7.38. The summed E-state index contributed by atoms with van der Waals surface area (Å²) in [5, 5.41) is 0. The van der Waals surface area contributed by atoms with Crippen LogP contribution in [0.25, 0.3) is 11.1 Å². The molecule has 0 aliphatic carbocycles. The summed E-state index contributed by atoms with van der Waals surface area (Å²) in [4.78, 5) is 28.8. The average molecular weight is 384 g/mol. The third kappa shape index (κ3) is 4.06. The smallest absolute Gasteiger partial charge is 0.246 e. The molecule has 0 saturated carbocycles. The van der Waals surface area contributed by atoms with Crippen LogP contribution in [0, 0.1) is 0 Å². The van der Waals surface area contributed by atoms with Crippen LogP contribution in [-0.2, 0) is 16.0 Å². The normalized spacial score (nSPS) is 16.7. The van der Waals surface area contributed by atoms with E-state index in [9.17, 15) is 9.59 Å². The van der Waals surface area contributed by atoms with Crippen LogP contribution >= 0.6 is 0 Å². The zero-order chi connectivity index (χ0) is 20.2. The molecule has 1 aliphatic heterocycles. The third-order valence-corrected chi connectivity index (χ3v) is 5.44. The second kappa shape index (κ2) is 8.31. The van der Waals surface area contributed by atoms with Gasteiger partial charge in [0.2, 0.25) is 11.8 Å². The fourth-order valence-corrected chi connectivity index (χ4v) is 4.00. The molecular formula is C25H24N2O2. The highest BCUT2D eigenvalue weighted by atomic mass is 16.2. The van der Waals surface area contributed by atoms with Crippen molar-refractivity contribution in [3.05, 3.63) is 90.5 Å². The SMILES string of the molecule is CC(=O)N1CC(=O)N(c2ccccc2-c2ccccc2)C[C@@H]1Cc1ccccc1. The van der Waals surface area contributed by atoms with Gasteiger partial charge in [-0.15, -0.1) is 0 Å². The summed E-state index contributed by atoms with van der Waals surface area (Å²) in [7, 11) is 0. The Hall–Kier alpha value is -3.40. The van der Waals surface area contributed by atoms with Gasteiger partial charge in [-0.1, -0.05) is 78.9 Å². The minimum Gasteiger partial charge on any atom is -0.328 e. The lowest BCUT2D eigenvalue weighted by atomic mass is 9.98. The number of anilines is 1. The maximum absolute atomic E-state index is 13.0. The molecule has 3 aromatic carbocycles. The Kier molecular flexibility index (Phi) is 5.43. The summed E-state index contributed by atoms with van der Waals surface area (Å²) in [5.41, 5.74) is 4.15. The number of benzene rings is 3. The van der Waals surface area contributed by atoms with Gasteiger partial charge in [-0.25, -0.2) is 0 Å². The minimum atomic E-state index is -0.0599. The molecule has 4 heteroatoms. The molecule has 3 aromatic rings. The lowest BCUT2D eigenvalue weighted by molar-refractivity contribution is -0.137. The molecule has 1 fully saturated rings. The van der Waals surface area contributed by atoms with Gasteiger partial charge in [0.25, 0.3) is 0 Å². The van der Waals surface area contributed by atoms with Crippen molar-refractivity contribution < 1.29 is 9.59 Å². The maximum Gasteiger partial charge on any atom is 0.246 e. The molecule has 0 N–H and O–H groups in total. The lowest BCUT2D eigenvalue weighted by Gasteiger charge is -2.41. The predicted molar refractivity (Wildman–Crippen MR) is 116 cm³/mol. The largest absolute Gasteiger partial charge is 0.328 e. The van der Waals surface area contributed by atoms with Gasteiger partial charge in [-0.2, -0.15) is 0 Å². The minimum absolute atomic E-state index is 0.0482. The first-order valence-corrected chi connectivity index (χ1v) is 9.89. The molecule has 1 atom stereocenters. The van der Waals surface area contributed by atoms with E-state index in [4.69, 9.17) is 0 Å². The predicted octanol–water partition coefficient (Wildman–Crippen LogP) is 4.16. The van der Waals surface area contributed by atoms with Crippen LogP contribution in [0.5, 0.6) is 0 Å². The van der Waals surface area contributed by atoms with Gasteiger partial charge in [0.15, 0.2) is 0 Å². The standard InChI is InChI=1S/C25H24N2O2/c1-19(28)26-18-25(29)27(17-22(26)16-20-10-4-2-5-11-20)24-15-9-8-14-23(24)21-12-6-3-7-13-21/h2-15,22H,16-18H2,1H3/t22-/m0/s1. The Morgan fingerprint density at radius 2 is 1.52 bits per heavy atom. The highest BCUT2D eigenvalue weighted by Crippen LogP contribution is 2.32. The summed E-state index contributed by atoms with van der Waals surface area (Å²) in [5.74, 6) is -0.108. The number of carbonyl (C=O) groups excluding carboxylic acids is 2. The average Bonchev–Trinajstić information content (AvgIpc) is 2.76. The van der Waals surface area contributed by atoms with Crippen LogP contribution in [0.1, 0.15) is 12.5 Å². The van der Waals surface area contributed by atoms with Crippen LogP contribution in [0.4, 0.5) is 5.69 Å². The number of piperazine rings is 1. The monoisotopic (exact) mass is 384 g/mol. The molecule has 2 amide bonds. The fourth-order valence-electron chi connectivity index (χ4n) is 4.00. The molecule has 1 aliphatic rings. The first-order chi connectivity index (χ1) is 14.1. The fraction of sp³-hybridized carbons (Fsp3) is 0.200. The van der Waals surface area contributed by atoms with E-state index in [1.54, 1.807) is 11.8 Å². The van der Waals surface area contributed by atoms with E-state index in [1.807, 2.05) is 65.6 Å². The zero-order valence-corrected chi connectivity index (χ0v) is 16.5. The zero-order valence-electron chi connectivity index (χ0n) is 16.5. The van der Waals surface area contributed by atoms with Crippen LogP contribution in [0.3, 0.4) is 0 Å². The number of hydrogen-bond acceptors (Lipinski definition) is 2. The third-order valence-electron chi connectivity index (χ3n) is 5.44. The van der Waals surface area contributed by atoms with Crippen molar-refractivity contribution in [2.45, 2.75) is 19.4 Å². The number of amides is 2. The van der Waals surface area contributed by atoms with Crippen LogP contribution in [0.2, 0.25) is 0 Å². The second-order valence-electron chi connectivity index (χ2n) is 7.38.